The molecule has 0 aromatic heterocycles. The standard InChI is InChI=1S/C17H19FN2O2/c1-11(2)20-17(21)12-7-8-16(15(19)9-12)22-10-13-5-3-4-6-14(13)18/h3-9,11H,10,19H2,1-2H3,(H,20,21). The van der Waals surface area contributed by atoms with Gasteiger partial charge in [0.15, 0.2) is 0 Å². The monoisotopic (exact) mass is 302 g/mol. The molecular formula is C17H19FN2O2. The fourth-order valence-corrected chi connectivity index (χ4v) is 1.94. The van der Waals surface area contributed by atoms with Crippen molar-refractivity contribution in [2.24, 2.45) is 0 Å². The topological polar surface area (TPSA) is 64.3 Å². The summed E-state index contributed by atoms with van der Waals surface area (Å²) < 4.78 is 19.0. The first-order valence-electron chi connectivity index (χ1n) is 7.04. The number of anilines is 1. The van der Waals surface area contributed by atoms with E-state index in [1.54, 1.807) is 36.4 Å². The predicted octanol–water partition coefficient (Wildman–Crippen LogP) is 3.13. The van der Waals surface area contributed by atoms with Gasteiger partial charge in [-0.2, -0.15) is 0 Å². The Hall–Kier alpha value is -2.56. The summed E-state index contributed by atoms with van der Waals surface area (Å²) in [7, 11) is 0. The summed E-state index contributed by atoms with van der Waals surface area (Å²) in [5, 5.41) is 2.79. The summed E-state index contributed by atoms with van der Waals surface area (Å²) in [6.07, 6.45) is 0. The summed E-state index contributed by atoms with van der Waals surface area (Å²) in [6.45, 7) is 3.84. The third-order valence-corrected chi connectivity index (χ3v) is 3.03. The molecule has 0 aliphatic carbocycles. The number of rotatable bonds is 5. The van der Waals surface area contributed by atoms with Gasteiger partial charge in [-0.1, -0.05) is 18.2 Å². The van der Waals surface area contributed by atoms with Crippen LogP contribution in [0.5, 0.6) is 5.75 Å². The molecule has 0 saturated carbocycles. The van der Waals surface area contributed by atoms with Crippen LogP contribution >= 0.6 is 0 Å². The van der Waals surface area contributed by atoms with Crippen molar-refractivity contribution in [3.63, 3.8) is 0 Å². The predicted molar refractivity (Wildman–Crippen MR) is 84.2 cm³/mol. The minimum atomic E-state index is -0.325. The molecule has 0 unspecified atom stereocenters. The maximum Gasteiger partial charge on any atom is 0.251 e. The van der Waals surface area contributed by atoms with Gasteiger partial charge in [0.25, 0.3) is 5.91 Å². The second kappa shape index (κ2) is 6.93. The Balaban J connectivity index is 2.07. The number of nitrogens with two attached hydrogens (primary N) is 1. The van der Waals surface area contributed by atoms with Crippen LogP contribution in [0.2, 0.25) is 0 Å². The number of amides is 1. The first-order chi connectivity index (χ1) is 10.5. The van der Waals surface area contributed by atoms with E-state index in [1.165, 1.54) is 6.07 Å². The van der Waals surface area contributed by atoms with E-state index in [9.17, 15) is 9.18 Å². The van der Waals surface area contributed by atoms with Gasteiger partial charge in [0, 0.05) is 17.2 Å². The summed E-state index contributed by atoms with van der Waals surface area (Å²) in [5.74, 6) is -0.0966. The Morgan fingerprint density at radius 1 is 1.27 bits per heavy atom. The maximum atomic E-state index is 13.5. The van der Waals surface area contributed by atoms with Gasteiger partial charge in [-0.3, -0.25) is 4.79 Å². The number of benzene rings is 2. The Morgan fingerprint density at radius 3 is 2.64 bits per heavy atom. The van der Waals surface area contributed by atoms with Crippen LogP contribution in [-0.2, 0) is 6.61 Å². The third kappa shape index (κ3) is 3.97. The van der Waals surface area contributed by atoms with Crippen LogP contribution in [0.15, 0.2) is 42.5 Å². The van der Waals surface area contributed by atoms with Crippen LogP contribution in [-0.4, -0.2) is 11.9 Å². The lowest BCUT2D eigenvalue weighted by molar-refractivity contribution is 0.0943. The van der Waals surface area contributed by atoms with Crippen LogP contribution in [0.1, 0.15) is 29.8 Å². The van der Waals surface area contributed by atoms with Gasteiger partial charge >= 0.3 is 0 Å². The second-order valence-electron chi connectivity index (χ2n) is 5.26. The van der Waals surface area contributed by atoms with E-state index in [-0.39, 0.29) is 24.4 Å². The van der Waals surface area contributed by atoms with Crippen LogP contribution in [0.3, 0.4) is 0 Å². The van der Waals surface area contributed by atoms with E-state index in [2.05, 4.69) is 5.32 Å². The van der Waals surface area contributed by atoms with Crippen LogP contribution in [0.4, 0.5) is 10.1 Å². The molecule has 2 aromatic carbocycles. The molecule has 0 aliphatic heterocycles. The van der Waals surface area contributed by atoms with E-state index in [0.717, 1.165) is 0 Å². The zero-order chi connectivity index (χ0) is 16.1. The lowest BCUT2D eigenvalue weighted by atomic mass is 10.1. The maximum absolute atomic E-state index is 13.5. The molecule has 0 heterocycles. The van der Waals surface area contributed by atoms with E-state index in [4.69, 9.17) is 10.5 Å². The van der Waals surface area contributed by atoms with Gasteiger partial charge < -0.3 is 15.8 Å². The van der Waals surface area contributed by atoms with Crippen molar-refractivity contribution in [3.05, 3.63) is 59.4 Å². The summed E-state index contributed by atoms with van der Waals surface area (Å²) >= 11 is 0. The van der Waals surface area contributed by atoms with Crippen molar-refractivity contribution in [2.75, 3.05) is 5.73 Å². The largest absolute Gasteiger partial charge is 0.487 e. The fraction of sp³-hybridized carbons (Fsp3) is 0.235. The summed E-state index contributed by atoms with van der Waals surface area (Å²) in [5.41, 5.74) is 7.14. The molecule has 4 nitrogen and oxygen atoms in total. The number of halogens is 1. The van der Waals surface area contributed by atoms with Gasteiger partial charge in [0.2, 0.25) is 0 Å². The molecule has 2 rings (SSSR count). The molecule has 1 amide bonds. The van der Waals surface area contributed by atoms with Gasteiger partial charge in [-0.15, -0.1) is 0 Å². The zero-order valence-corrected chi connectivity index (χ0v) is 12.6. The van der Waals surface area contributed by atoms with E-state index in [0.29, 0.717) is 22.6 Å². The highest BCUT2D eigenvalue weighted by Gasteiger charge is 2.10. The highest BCUT2D eigenvalue weighted by molar-refractivity contribution is 5.95. The van der Waals surface area contributed by atoms with Crippen LogP contribution in [0.25, 0.3) is 0 Å². The first-order valence-corrected chi connectivity index (χ1v) is 7.04. The smallest absolute Gasteiger partial charge is 0.251 e. The lowest BCUT2D eigenvalue weighted by Crippen LogP contribution is -2.30. The third-order valence-electron chi connectivity index (χ3n) is 3.03. The first kappa shape index (κ1) is 15.8. The summed E-state index contributed by atoms with van der Waals surface area (Å²) in [4.78, 5) is 11.9. The second-order valence-corrected chi connectivity index (χ2v) is 5.26. The molecule has 0 radical (unpaired) electrons. The zero-order valence-electron chi connectivity index (χ0n) is 12.6. The average molecular weight is 302 g/mol. The number of hydrogen-bond acceptors (Lipinski definition) is 3. The minimum Gasteiger partial charge on any atom is -0.487 e. The van der Waals surface area contributed by atoms with E-state index >= 15 is 0 Å². The quantitative estimate of drug-likeness (QED) is 0.834. The van der Waals surface area contributed by atoms with Crippen LogP contribution < -0.4 is 15.8 Å². The average Bonchev–Trinajstić information content (AvgIpc) is 2.46. The van der Waals surface area contributed by atoms with Gasteiger partial charge in [-0.25, -0.2) is 4.39 Å². The molecule has 2 aromatic rings. The van der Waals surface area contributed by atoms with Crippen molar-refractivity contribution in [2.45, 2.75) is 26.5 Å². The number of carbonyl (C=O) groups is 1. The highest BCUT2D eigenvalue weighted by atomic mass is 19.1. The molecule has 0 atom stereocenters. The molecule has 0 bridgehead atoms. The molecule has 22 heavy (non-hydrogen) atoms. The van der Waals surface area contributed by atoms with E-state index < -0.39 is 0 Å². The highest BCUT2D eigenvalue weighted by Crippen LogP contribution is 2.24. The van der Waals surface area contributed by atoms with Crippen molar-refractivity contribution in [1.82, 2.24) is 5.32 Å². The Morgan fingerprint density at radius 2 is 2.00 bits per heavy atom. The molecule has 5 heteroatoms. The molecule has 0 fully saturated rings. The summed E-state index contributed by atoms with van der Waals surface area (Å²) in [6, 6.07) is 11.2. The lowest BCUT2D eigenvalue weighted by Gasteiger charge is -2.12. The SMILES string of the molecule is CC(C)NC(=O)c1ccc(OCc2ccccc2F)c(N)c1. The van der Waals surface area contributed by atoms with Gasteiger partial charge in [-0.05, 0) is 38.1 Å². The number of ether oxygens (including phenoxy) is 1. The minimum absolute atomic E-state index is 0.0470. The number of nitrogen functional groups attached to an aromatic ring is 1. The van der Waals surface area contributed by atoms with Crippen molar-refractivity contribution in [1.29, 1.82) is 0 Å². The Bertz CT molecular complexity index is 671. The normalized spacial score (nSPS) is 10.5. The Labute approximate surface area is 129 Å². The fourth-order valence-electron chi connectivity index (χ4n) is 1.94. The molecule has 116 valence electrons. The number of carbonyl (C=O) groups excluding carboxylic acids is 1. The molecule has 0 saturated heterocycles. The molecule has 0 aliphatic rings. The number of nitrogens with one attached hydrogen (secondary N) is 1. The Kier molecular flexibility index (Phi) is 4.99. The van der Waals surface area contributed by atoms with Crippen molar-refractivity contribution in [3.8, 4) is 5.75 Å². The molecule has 3 N–H and O–H groups in total. The van der Waals surface area contributed by atoms with Crippen LogP contribution in [0, 0.1) is 5.82 Å². The van der Waals surface area contributed by atoms with E-state index in [1.807, 2.05) is 13.8 Å². The van der Waals surface area contributed by atoms with Gasteiger partial charge in [0.1, 0.15) is 18.2 Å². The molecular weight excluding hydrogens is 283 g/mol. The number of hydrogen-bond donors (Lipinski definition) is 2. The van der Waals surface area contributed by atoms with Gasteiger partial charge in [0.05, 0.1) is 5.69 Å². The molecule has 0 spiro atoms. The van der Waals surface area contributed by atoms with Crippen molar-refractivity contribution < 1.29 is 13.9 Å². The van der Waals surface area contributed by atoms with Crippen molar-refractivity contribution >= 4 is 11.6 Å².